The van der Waals surface area contributed by atoms with Crippen molar-refractivity contribution < 1.29 is 4.79 Å². The minimum Gasteiger partial charge on any atom is -0.329 e. The van der Waals surface area contributed by atoms with Gasteiger partial charge >= 0.3 is 0 Å². The minimum absolute atomic E-state index is 0.142. The van der Waals surface area contributed by atoms with E-state index in [1.165, 1.54) is 11.1 Å². The van der Waals surface area contributed by atoms with Crippen LogP contribution in [0.3, 0.4) is 0 Å². The predicted octanol–water partition coefficient (Wildman–Crippen LogP) is 2.14. The lowest BCUT2D eigenvalue weighted by Crippen LogP contribution is -2.28. The molecule has 1 aliphatic heterocycles. The van der Waals surface area contributed by atoms with Gasteiger partial charge in [-0.3, -0.25) is 4.79 Å². The summed E-state index contributed by atoms with van der Waals surface area (Å²) in [6.07, 6.45) is 4.23. The smallest absolute Gasteiger partial charge is 0.234 e. The molecule has 0 aromatic rings. The van der Waals surface area contributed by atoms with Crippen molar-refractivity contribution >= 4 is 5.91 Å². The van der Waals surface area contributed by atoms with Gasteiger partial charge in [0.15, 0.2) is 0 Å². The summed E-state index contributed by atoms with van der Waals surface area (Å²) in [6.45, 7) is 6.10. The molecule has 0 aromatic heterocycles. The Hall–Kier alpha value is -1.05. The summed E-state index contributed by atoms with van der Waals surface area (Å²) >= 11 is 0. The summed E-state index contributed by atoms with van der Waals surface area (Å²) in [7, 11) is 0. The van der Waals surface area contributed by atoms with Gasteiger partial charge in [0.05, 0.1) is 5.41 Å². The number of amides is 1. The van der Waals surface area contributed by atoms with Crippen molar-refractivity contribution in [2.24, 2.45) is 5.41 Å². The van der Waals surface area contributed by atoms with Crippen molar-refractivity contribution in [1.29, 1.82) is 0 Å². The molecule has 1 heterocycles. The molecule has 1 amide bonds. The molecular formula is C11H15NO. The van der Waals surface area contributed by atoms with Crippen molar-refractivity contribution in [3.05, 3.63) is 22.9 Å². The van der Waals surface area contributed by atoms with Crippen LogP contribution in [0.1, 0.15) is 33.6 Å². The maximum Gasteiger partial charge on any atom is 0.234 e. The second-order valence-corrected chi connectivity index (χ2v) is 4.46. The molecule has 0 unspecified atom stereocenters. The summed E-state index contributed by atoms with van der Waals surface area (Å²) in [5.74, 6) is 0.142. The summed E-state index contributed by atoms with van der Waals surface area (Å²) in [5, 5.41) is 2.96. The topological polar surface area (TPSA) is 29.1 Å². The first-order chi connectivity index (χ1) is 6.01. The summed E-state index contributed by atoms with van der Waals surface area (Å²) in [6, 6.07) is 0. The first kappa shape index (κ1) is 8.54. The molecule has 0 saturated heterocycles. The molecule has 0 aromatic carbocycles. The van der Waals surface area contributed by atoms with Crippen molar-refractivity contribution in [2.75, 3.05) is 0 Å². The highest BCUT2D eigenvalue weighted by molar-refractivity contribution is 5.91. The van der Waals surface area contributed by atoms with Crippen molar-refractivity contribution in [3.8, 4) is 0 Å². The van der Waals surface area contributed by atoms with E-state index in [-0.39, 0.29) is 11.3 Å². The van der Waals surface area contributed by atoms with E-state index in [4.69, 9.17) is 0 Å². The Morgan fingerprint density at radius 1 is 1.38 bits per heavy atom. The molecule has 13 heavy (non-hydrogen) atoms. The van der Waals surface area contributed by atoms with E-state index < -0.39 is 0 Å². The minimum atomic E-state index is -0.322. The third-order valence-corrected chi connectivity index (χ3v) is 2.99. The van der Waals surface area contributed by atoms with Gasteiger partial charge in [0, 0.05) is 5.70 Å². The van der Waals surface area contributed by atoms with Gasteiger partial charge < -0.3 is 5.32 Å². The van der Waals surface area contributed by atoms with E-state index in [1.807, 2.05) is 13.8 Å². The van der Waals surface area contributed by atoms with Gasteiger partial charge in [-0.25, -0.2) is 0 Å². The SMILES string of the molecule is CC1=CC2=C(CC1)NC(=O)C2(C)C. The Bertz CT molecular complexity index is 334. The summed E-state index contributed by atoms with van der Waals surface area (Å²) in [4.78, 5) is 11.6. The first-order valence-corrected chi connectivity index (χ1v) is 4.74. The molecule has 70 valence electrons. The largest absolute Gasteiger partial charge is 0.329 e. The maximum absolute atomic E-state index is 11.6. The highest BCUT2D eigenvalue weighted by Crippen LogP contribution is 2.39. The van der Waals surface area contributed by atoms with Gasteiger partial charge in [0.1, 0.15) is 0 Å². The average molecular weight is 177 g/mol. The van der Waals surface area contributed by atoms with Gasteiger partial charge in [0.25, 0.3) is 0 Å². The van der Waals surface area contributed by atoms with Gasteiger partial charge in [-0.2, -0.15) is 0 Å². The Labute approximate surface area is 78.7 Å². The Morgan fingerprint density at radius 3 is 2.77 bits per heavy atom. The van der Waals surface area contributed by atoms with E-state index in [9.17, 15) is 4.79 Å². The Kier molecular flexibility index (Phi) is 1.62. The Balaban J connectivity index is 2.46. The van der Waals surface area contributed by atoms with E-state index in [1.54, 1.807) is 0 Å². The second kappa shape index (κ2) is 2.47. The van der Waals surface area contributed by atoms with Crippen LogP contribution >= 0.6 is 0 Å². The lowest BCUT2D eigenvalue weighted by molar-refractivity contribution is -0.125. The predicted molar refractivity (Wildman–Crippen MR) is 51.9 cm³/mol. The normalized spacial score (nSPS) is 25.5. The van der Waals surface area contributed by atoms with Crippen LogP contribution in [-0.4, -0.2) is 5.91 Å². The van der Waals surface area contributed by atoms with Gasteiger partial charge in [0.2, 0.25) is 5.91 Å². The molecule has 0 bridgehead atoms. The fraction of sp³-hybridized carbons (Fsp3) is 0.545. The van der Waals surface area contributed by atoms with Crippen LogP contribution in [0.2, 0.25) is 0 Å². The molecule has 0 atom stereocenters. The van der Waals surface area contributed by atoms with Crippen LogP contribution in [-0.2, 0) is 4.79 Å². The number of hydrogen-bond donors (Lipinski definition) is 1. The van der Waals surface area contributed by atoms with Crippen molar-refractivity contribution in [3.63, 3.8) is 0 Å². The van der Waals surface area contributed by atoms with Gasteiger partial charge in [-0.1, -0.05) is 11.6 Å². The lowest BCUT2D eigenvalue weighted by atomic mass is 9.81. The summed E-state index contributed by atoms with van der Waals surface area (Å²) in [5.41, 5.74) is 3.39. The molecule has 0 radical (unpaired) electrons. The molecule has 2 aliphatic rings. The molecule has 0 saturated carbocycles. The zero-order valence-electron chi connectivity index (χ0n) is 8.40. The zero-order chi connectivity index (χ0) is 9.64. The van der Waals surface area contributed by atoms with Crippen LogP contribution in [0.15, 0.2) is 22.9 Å². The molecule has 1 N–H and O–H groups in total. The highest BCUT2D eigenvalue weighted by Gasteiger charge is 2.40. The molecule has 0 fully saturated rings. The number of allylic oxidation sites excluding steroid dienone is 3. The van der Waals surface area contributed by atoms with Gasteiger partial charge in [-0.05, 0) is 39.2 Å². The average Bonchev–Trinajstić information content (AvgIpc) is 2.27. The molecular weight excluding hydrogens is 162 g/mol. The fourth-order valence-electron chi connectivity index (χ4n) is 1.97. The first-order valence-electron chi connectivity index (χ1n) is 4.74. The van der Waals surface area contributed by atoms with Crippen molar-refractivity contribution in [1.82, 2.24) is 5.32 Å². The third kappa shape index (κ3) is 1.12. The highest BCUT2D eigenvalue weighted by atomic mass is 16.2. The molecule has 0 spiro atoms. The van der Waals surface area contributed by atoms with Gasteiger partial charge in [-0.15, -0.1) is 0 Å². The quantitative estimate of drug-likeness (QED) is 0.603. The van der Waals surface area contributed by atoms with E-state index in [0.29, 0.717) is 0 Å². The number of carbonyl (C=O) groups is 1. The van der Waals surface area contributed by atoms with Crippen LogP contribution in [0.25, 0.3) is 0 Å². The number of carbonyl (C=O) groups excluding carboxylic acids is 1. The summed E-state index contributed by atoms with van der Waals surface area (Å²) < 4.78 is 0. The van der Waals surface area contributed by atoms with Crippen LogP contribution in [0.5, 0.6) is 0 Å². The number of nitrogens with one attached hydrogen (secondary N) is 1. The second-order valence-electron chi connectivity index (χ2n) is 4.46. The van der Waals surface area contributed by atoms with Crippen LogP contribution in [0.4, 0.5) is 0 Å². The van der Waals surface area contributed by atoms with E-state index >= 15 is 0 Å². The molecule has 2 heteroatoms. The third-order valence-electron chi connectivity index (χ3n) is 2.99. The fourth-order valence-corrected chi connectivity index (χ4v) is 1.97. The molecule has 2 nitrogen and oxygen atoms in total. The number of rotatable bonds is 0. The lowest BCUT2D eigenvalue weighted by Gasteiger charge is -2.19. The molecule has 1 aliphatic carbocycles. The van der Waals surface area contributed by atoms with Crippen LogP contribution < -0.4 is 5.32 Å². The van der Waals surface area contributed by atoms with Crippen LogP contribution in [0, 0.1) is 5.41 Å². The molecule has 2 rings (SSSR count). The van der Waals surface area contributed by atoms with E-state index in [2.05, 4.69) is 18.3 Å². The standard InChI is InChI=1S/C11H15NO/c1-7-4-5-9-8(6-7)11(2,3)10(13)12-9/h6H,4-5H2,1-3H3,(H,12,13). The Morgan fingerprint density at radius 2 is 2.08 bits per heavy atom. The maximum atomic E-state index is 11.6. The monoisotopic (exact) mass is 177 g/mol. The van der Waals surface area contributed by atoms with E-state index in [0.717, 1.165) is 18.5 Å². The number of hydrogen-bond acceptors (Lipinski definition) is 1. The zero-order valence-corrected chi connectivity index (χ0v) is 8.40. The van der Waals surface area contributed by atoms with Crippen molar-refractivity contribution in [2.45, 2.75) is 33.6 Å².